The lowest BCUT2D eigenvalue weighted by Crippen LogP contribution is -2.26. The maximum atomic E-state index is 13.4. The van der Waals surface area contributed by atoms with Gasteiger partial charge in [-0.2, -0.15) is 0 Å². The number of hydrogen-bond acceptors (Lipinski definition) is 2. The highest BCUT2D eigenvalue weighted by Crippen LogP contribution is 2.23. The van der Waals surface area contributed by atoms with Gasteiger partial charge in [-0.25, -0.2) is 8.78 Å². The van der Waals surface area contributed by atoms with Crippen LogP contribution in [0.25, 0.3) is 0 Å². The van der Waals surface area contributed by atoms with Gasteiger partial charge in [0.05, 0.1) is 6.20 Å². The maximum absolute atomic E-state index is 13.4. The van der Waals surface area contributed by atoms with Gasteiger partial charge in [0, 0.05) is 18.3 Å². The molecule has 0 aliphatic carbocycles. The van der Waals surface area contributed by atoms with E-state index in [0.717, 1.165) is 12.3 Å². The van der Waals surface area contributed by atoms with Crippen molar-refractivity contribution in [2.75, 3.05) is 6.54 Å². The average Bonchev–Trinajstić information content (AvgIpc) is 2.05. The van der Waals surface area contributed by atoms with Crippen molar-refractivity contribution in [1.29, 1.82) is 0 Å². The molecule has 0 bridgehead atoms. The van der Waals surface area contributed by atoms with Crippen LogP contribution in [0, 0.1) is 5.82 Å². The van der Waals surface area contributed by atoms with Gasteiger partial charge in [0.15, 0.2) is 0 Å². The third-order valence-corrected chi connectivity index (χ3v) is 1.69. The Hall–Kier alpha value is -1.03. The Kier molecular flexibility index (Phi) is 2.38. The molecule has 1 aromatic rings. The quantitative estimate of drug-likeness (QED) is 0.731. The largest absolute Gasteiger partial charge is 0.327 e. The van der Waals surface area contributed by atoms with Gasteiger partial charge < -0.3 is 5.73 Å². The Morgan fingerprint density at radius 3 is 2.75 bits per heavy atom. The highest BCUT2D eigenvalue weighted by molar-refractivity contribution is 5.18. The fraction of sp³-hybridized carbons (Fsp3) is 0.375. The summed E-state index contributed by atoms with van der Waals surface area (Å²) < 4.78 is 26.0. The number of nitrogens with zero attached hydrogens (tertiary/aromatic N) is 1. The first-order valence-corrected chi connectivity index (χ1v) is 3.56. The van der Waals surface area contributed by atoms with E-state index in [1.807, 2.05) is 0 Å². The minimum absolute atomic E-state index is 0.171. The molecule has 0 saturated carbocycles. The van der Waals surface area contributed by atoms with Crippen molar-refractivity contribution in [2.45, 2.75) is 12.6 Å². The lowest BCUT2D eigenvalue weighted by atomic mass is 10.0. The fourth-order valence-corrected chi connectivity index (χ4v) is 0.815. The van der Waals surface area contributed by atoms with E-state index in [1.165, 1.54) is 13.1 Å². The molecule has 2 N–H and O–H groups in total. The minimum atomic E-state index is -1.70. The van der Waals surface area contributed by atoms with Crippen molar-refractivity contribution >= 4 is 0 Å². The van der Waals surface area contributed by atoms with E-state index >= 15 is 0 Å². The summed E-state index contributed by atoms with van der Waals surface area (Å²) >= 11 is 0. The third-order valence-electron chi connectivity index (χ3n) is 1.69. The Morgan fingerprint density at radius 1 is 1.58 bits per heavy atom. The molecule has 12 heavy (non-hydrogen) atoms. The highest BCUT2D eigenvalue weighted by Gasteiger charge is 2.24. The second-order valence-corrected chi connectivity index (χ2v) is 2.79. The molecule has 0 fully saturated rings. The van der Waals surface area contributed by atoms with Crippen LogP contribution in [-0.2, 0) is 5.67 Å². The van der Waals surface area contributed by atoms with Crippen LogP contribution in [0.3, 0.4) is 0 Å². The first-order chi connectivity index (χ1) is 5.56. The Morgan fingerprint density at radius 2 is 2.25 bits per heavy atom. The SMILES string of the molecule is CC(F)(CN)c1cncc(F)c1. The summed E-state index contributed by atoms with van der Waals surface area (Å²) in [7, 11) is 0. The molecule has 0 aromatic carbocycles. The van der Waals surface area contributed by atoms with E-state index in [2.05, 4.69) is 4.98 Å². The molecule has 1 unspecified atom stereocenters. The third kappa shape index (κ3) is 1.76. The van der Waals surface area contributed by atoms with Crippen LogP contribution < -0.4 is 5.73 Å². The van der Waals surface area contributed by atoms with Crippen molar-refractivity contribution in [3.8, 4) is 0 Å². The molecule has 1 atom stereocenters. The van der Waals surface area contributed by atoms with Crippen molar-refractivity contribution < 1.29 is 8.78 Å². The lowest BCUT2D eigenvalue weighted by molar-refractivity contribution is 0.202. The van der Waals surface area contributed by atoms with E-state index < -0.39 is 11.5 Å². The van der Waals surface area contributed by atoms with Crippen molar-refractivity contribution in [3.05, 3.63) is 29.8 Å². The molecular weight excluding hydrogens is 162 g/mol. The zero-order valence-electron chi connectivity index (χ0n) is 6.72. The van der Waals surface area contributed by atoms with Gasteiger partial charge in [0.25, 0.3) is 0 Å². The molecule has 0 radical (unpaired) electrons. The van der Waals surface area contributed by atoms with E-state index in [1.54, 1.807) is 0 Å². The molecule has 66 valence electrons. The summed E-state index contributed by atoms with van der Waals surface area (Å²) in [5.41, 5.74) is 3.64. The predicted molar refractivity (Wildman–Crippen MR) is 41.7 cm³/mol. The van der Waals surface area contributed by atoms with Gasteiger partial charge in [-0.05, 0) is 13.0 Å². The highest BCUT2D eigenvalue weighted by atomic mass is 19.1. The molecule has 0 saturated heterocycles. The number of pyridine rings is 1. The maximum Gasteiger partial charge on any atom is 0.146 e. The van der Waals surface area contributed by atoms with Crippen molar-refractivity contribution in [1.82, 2.24) is 4.98 Å². The predicted octanol–water partition coefficient (Wildman–Crippen LogP) is 1.36. The Balaban J connectivity index is 3.03. The van der Waals surface area contributed by atoms with Crippen molar-refractivity contribution in [2.24, 2.45) is 5.73 Å². The summed E-state index contributed by atoms with van der Waals surface area (Å²) in [5.74, 6) is -0.551. The molecule has 1 heterocycles. The van der Waals surface area contributed by atoms with Gasteiger partial charge in [0.2, 0.25) is 0 Å². The van der Waals surface area contributed by atoms with Crippen LogP contribution in [0.1, 0.15) is 12.5 Å². The van der Waals surface area contributed by atoms with E-state index in [-0.39, 0.29) is 12.1 Å². The summed E-state index contributed by atoms with van der Waals surface area (Å²) in [5, 5.41) is 0. The van der Waals surface area contributed by atoms with Crippen LogP contribution in [0.5, 0.6) is 0 Å². The molecule has 0 amide bonds. The molecule has 4 heteroatoms. The normalized spacial score (nSPS) is 15.7. The number of hydrogen-bond donors (Lipinski definition) is 1. The Bertz CT molecular complexity index is 274. The average molecular weight is 172 g/mol. The molecule has 2 nitrogen and oxygen atoms in total. The molecule has 0 spiro atoms. The Labute approximate surface area is 69.4 Å². The number of rotatable bonds is 2. The number of halogens is 2. The molecule has 1 rings (SSSR count). The lowest BCUT2D eigenvalue weighted by Gasteiger charge is -2.17. The van der Waals surface area contributed by atoms with E-state index in [0.29, 0.717) is 0 Å². The standard InChI is InChI=1S/C8H10F2N2/c1-8(10,5-11)6-2-7(9)4-12-3-6/h2-4H,5,11H2,1H3. The van der Waals surface area contributed by atoms with E-state index in [4.69, 9.17) is 5.73 Å². The monoisotopic (exact) mass is 172 g/mol. The second-order valence-electron chi connectivity index (χ2n) is 2.79. The summed E-state index contributed by atoms with van der Waals surface area (Å²) in [6.07, 6.45) is 2.30. The zero-order valence-corrected chi connectivity index (χ0v) is 6.72. The van der Waals surface area contributed by atoms with Crippen LogP contribution in [0.15, 0.2) is 18.5 Å². The topological polar surface area (TPSA) is 38.9 Å². The number of alkyl halides is 1. The smallest absolute Gasteiger partial charge is 0.146 e. The zero-order chi connectivity index (χ0) is 9.19. The summed E-state index contributed by atoms with van der Waals surface area (Å²) in [4.78, 5) is 3.53. The van der Waals surface area contributed by atoms with Gasteiger partial charge in [-0.3, -0.25) is 4.98 Å². The summed E-state index contributed by atoms with van der Waals surface area (Å²) in [6, 6.07) is 1.10. The number of aromatic nitrogens is 1. The minimum Gasteiger partial charge on any atom is -0.327 e. The van der Waals surface area contributed by atoms with Crippen LogP contribution in [-0.4, -0.2) is 11.5 Å². The summed E-state index contributed by atoms with van der Waals surface area (Å²) in [6.45, 7) is 1.11. The van der Waals surface area contributed by atoms with Crippen LogP contribution >= 0.6 is 0 Å². The van der Waals surface area contributed by atoms with Gasteiger partial charge in [-0.1, -0.05) is 0 Å². The first kappa shape index (κ1) is 9.06. The number of nitrogens with two attached hydrogens (primary N) is 1. The van der Waals surface area contributed by atoms with Crippen molar-refractivity contribution in [3.63, 3.8) is 0 Å². The van der Waals surface area contributed by atoms with Gasteiger partial charge >= 0.3 is 0 Å². The van der Waals surface area contributed by atoms with Gasteiger partial charge in [0.1, 0.15) is 11.5 Å². The van der Waals surface area contributed by atoms with Gasteiger partial charge in [-0.15, -0.1) is 0 Å². The molecular formula is C8H10F2N2. The first-order valence-electron chi connectivity index (χ1n) is 3.56. The molecule has 0 aliphatic rings. The second kappa shape index (κ2) is 3.15. The van der Waals surface area contributed by atoms with E-state index in [9.17, 15) is 8.78 Å². The molecule has 0 aliphatic heterocycles. The van der Waals surface area contributed by atoms with Crippen LogP contribution in [0.4, 0.5) is 8.78 Å². The van der Waals surface area contributed by atoms with Crippen LogP contribution in [0.2, 0.25) is 0 Å². The fourth-order valence-electron chi connectivity index (χ4n) is 0.815. The molecule has 1 aromatic heterocycles.